The van der Waals surface area contributed by atoms with Crippen LogP contribution in [0.5, 0.6) is 0 Å². The van der Waals surface area contributed by atoms with Crippen LogP contribution in [-0.4, -0.2) is 9.78 Å². The second-order valence-electron chi connectivity index (χ2n) is 4.63. The molecule has 1 aliphatic carbocycles. The van der Waals surface area contributed by atoms with Crippen LogP contribution >= 0.6 is 27.5 Å². The largest absolute Gasteiger partial charge is 0.382 e. The molecule has 2 N–H and O–H groups in total. The molecule has 0 fully saturated rings. The van der Waals surface area contributed by atoms with Crippen LogP contribution in [0.4, 0.5) is 5.82 Å². The van der Waals surface area contributed by atoms with E-state index in [1.54, 1.807) is 0 Å². The highest BCUT2D eigenvalue weighted by Crippen LogP contribution is 2.33. The second-order valence-corrected chi connectivity index (χ2v) is 5.89. The predicted octanol–water partition coefficient (Wildman–Crippen LogP) is 3.67. The Balaban J connectivity index is 2.22. The standard InChI is InChI=1S/C13H13BrClN3/c1-7-5-9(14)12(6-10(7)15)18-11-4-2-3-8(11)13(16)17-18/h5-6H,2-4H2,1H3,(H2,16,17). The summed E-state index contributed by atoms with van der Waals surface area (Å²) in [6.07, 6.45) is 3.20. The SMILES string of the molecule is Cc1cc(Br)c(-n2nc(N)c3c2CCC3)cc1Cl. The lowest BCUT2D eigenvalue weighted by molar-refractivity contribution is 0.786. The molecule has 0 spiro atoms. The zero-order valence-corrected chi connectivity index (χ0v) is 12.3. The minimum absolute atomic E-state index is 0.645. The van der Waals surface area contributed by atoms with Crippen molar-refractivity contribution in [3.63, 3.8) is 0 Å². The van der Waals surface area contributed by atoms with Gasteiger partial charge in [0.05, 0.1) is 5.69 Å². The van der Waals surface area contributed by atoms with Crippen LogP contribution in [0.25, 0.3) is 5.69 Å². The van der Waals surface area contributed by atoms with Crippen molar-refractivity contribution in [1.29, 1.82) is 0 Å². The van der Waals surface area contributed by atoms with Gasteiger partial charge in [0.1, 0.15) is 5.82 Å². The van der Waals surface area contributed by atoms with E-state index in [-0.39, 0.29) is 0 Å². The van der Waals surface area contributed by atoms with E-state index < -0.39 is 0 Å². The molecule has 94 valence electrons. The molecule has 0 aliphatic heterocycles. The average molecular weight is 327 g/mol. The van der Waals surface area contributed by atoms with Gasteiger partial charge in [-0.15, -0.1) is 0 Å². The van der Waals surface area contributed by atoms with Crippen LogP contribution in [-0.2, 0) is 12.8 Å². The van der Waals surface area contributed by atoms with Crippen LogP contribution in [0.3, 0.4) is 0 Å². The average Bonchev–Trinajstić information content (AvgIpc) is 2.89. The summed E-state index contributed by atoms with van der Waals surface area (Å²) in [4.78, 5) is 0. The third kappa shape index (κ3) is 1.75. The third-order valence-corrected chi connectivity index (χ3v) is 4.46. The Kier molecular flexibility index (Phi) is 2.87. The molecule has 3 rings (SSSR count). The maximum atomic E-state index is 6.20. The summed E-state index contributed by atoms with van der Waals surface area (Å²) < 4.78 is 2.91. The van der Waals surface area contributed by atoms with Gasteiger partial charge in [0.2, 0.25) is 0 Å². The number of aryl methyl sites for hydroxylation is 1. The summed E-state index contributed by atoms with van der Waals surface area (Å²) in [7, 11) is 0. The number of fused-ring (bicyclic) bond motifs is 1. The Morgan fingerprint density at radius 2 is 2.17 bits per heavy atom. The lowest BCUT2D eigenvalue weighted by atomic mass is 10.2. The molecule has 0 saturated heterocycles. The van der Waals surface area contributed by atoms with Crippen LogP contribution in [0.1, 0.15) is 23.2 Å². The Hall–Kier alpha value is -1.00. The van der Waals surface area contributed by atoms with Crippen molar-refractivity contribution in [2.45, 2.75) is 26.2 Å². The lowest BCUT2D eigenvalue weighted by Crippen LogP contribution is -2.03. The molecule has 1 aromatic heterocycles. The van der Waals surface area contributed by atoms with Gasteiger partial charge in [-0.05, 0) is 59.8 Å². The predicted molar refractivity (Wildman–Crippen MR) is 77.4 cm³/mol. The Bertz CT molecular complexity index is 634. The molecule has 2 aromatic rings. The molecule has 0 amide bonds. The van der Waals surface area contributed by atoms with Gasteiger partial charge in [0.25, 0.3) is 0 Å². The number of benzene rings is 1. The zero-order chi connectivity index (χ0) is 12.9. The van der Waals surface area contributed by atoms with Crippen LogP contribution in [0.15, 0.2) is 16.6 Å². The van der Waals surface area contributed by atoms with Crippen molar-refractivity contribution < 1.29 is 0 Å². The summed E-state index contributed by atoms with van der Waals surface area (Å²) >= 11 is 9.78. The van der Waals surface area contributed by atoms with Crippen molar-refractivity contribution in [1.82, 2.24) is 9.78 Å². The van der Waals surface area contributed by atoms with Crippen molar-refractivity contribution in [2.75, 3.05) is 5.73 Å². The highest BCUT2D eigenvalue weighted by molar-refractivity contribution is 9.10. The van der Waals surface area contributed by atoms with Crippen LogP contribution < -0.4 is 5.73 Å². The van der Waals surface area contributed by atoms with E-state index in [1.807, 2.05) is 23.7 Å². The van der Waals surface area contributed by atoms with Crippen LogP contribution in [0.2, 0.25) is 5.02 Å². The monoisotopic (exact) mass is 325 g/mol. The molecular weight excluding hydrogens is 314 g/mol. The number of rotatable bonds is 1. The summed E-state index contributed by atoms with van der Waals surface area (Å²) in [6, 6.07) is 3.95. The third-order valence-electron chi connectivity index (χ3n) is 3.42. The fourth-order valence-electron chi connectivity index (χ4n) is 2.46. The number of halogens is 2. The van der Waals surface area contributed by atoms with E-state index in [2.05, 4.69) is 21.0 Å². The lowest BCUT2D eigenvalue weighted by Gasteiger charge is -2.10. The minimum atomic E-state index is 0.645. The van der Waals surface area contributed by atoms with E-state index in [0.29, 0.717) is 5.82 Å². The van der Waals surface area contributed by atoms with Gasteiger partial charge in [0.15, 0.2) is 0 Å². The van der Waals surface area contributed by atoms with Crippen molar-refractivity contribution >= 4 is 33.3 Å². The topological polar surface area (TPSA) is 43.8 Å². The normalized spacial score (nSPS) is 13.9. The molecule has 18 heavy (non-hydrogen) atoms. The Labute approximate surface area is 119 Å². The number of anilines is 1. The number of nitrogens with zero attached hydrogens (tertiary/aromatic N) is 2. The number of hydrogen-bond donors (Lipinski definition) is 1. The Morgan fingerprint density at radius 1 is 1.39 bits per heavy atom. The van der Waals surface area contributed by atoms with Gasteiger partial charge in [0, 0.05) is 20.8 Å². The first-order valence-electron chi connectivity index (χ1n) is 5.90. The molecule has 3 nitrogen and oxygen atoms in total. The number of aromatic nitrogens is 2. The van der Waals surface area contributed by atoms with Crippen molar-refractivity contribution in [3.05, 3.63) is 38.4 Å². The molecule has 0 saturated carbocycles. The van der Waals surface area contributed by atoms with Crippen molar-refractivity contribution in [2.24, 2.45) is 0 Å². The fourth-order valence-corrected chi connectivity index (χ4v) is 3.25. The number of nitrogen functional groups attached to an aromatic ring is 1. The molecule has 0 bridgehead atoms. The molecule has 5 heteroatoms. The summed E-state index contributed by atoms with van der Waals surface area (Å²) in [5.74, 6) is 0.645. The summed E-state index contributed by atoms with van der Waals surface area (Å²) in [5, 5.41) is 5.18. The van der Waals surface area contributed by atoms with E-state index in [1.165, 1.54) is 11.3 Å². The van der Waals surface area contributed by atoms with E-state index in [4.69, 9.17) is 17.3 Å². The van der Waals surface area contributed by atoms with Gasteiger partial charge in [-0.3, -0.25) is 0 Å². The highest BCUT2D eigenvalue weighted by Gasteiger charge is 2.22. The van der Waals surface area contributed by atoms with Gasteiger partial charge in [-0.2, -0.15) is 5.10 Å². The van der Waals surface area contributed by atoms with Gasteiger partial charge in [-0.25, -0.2) is 4.68 Å². The maximum Gasteiger partial charge on any atom is 0.149 e. The molecule has 1 aromatic carbocycles. The smallest absolute Gasteiger partial charge is 0.149 e. The zero-order valence-electron chi connectivity index (χ0n) is 10.0. The van der Waals surface area contributed by atoms with Gasteiger partial charge >= 0.3 is 0 Å². The molecule has 1 heterocycles. The summed E-state index contributed by atoms with van der Waals surface area (Å²) in [6.45, 7) is 1.98. The highest BCUT2D eigenvalue weighted by atomic mass is 79.9. The first-order valence-corrected chi connectivity index (χ1v) is 7.07. The number of hydrogen-bond acceptors (Lipinski definition) is 2. The first-order chi connectivity index (χ1) is 8.58. The maximum absolute atomic E-state index is 6.20. The molecule has 1 aliphatic rings. The summed E-state index contributed by atoms with van der Waals surface area (Å²) in [5.41, 5.74) is 10.4. The van der Waals surface area contributed by atoms with Crippen LogP contribution in [0, 0.1) is 6.92 Å². The van der Waals surface area contributed by atoms with Gasteiger partial charge in [-0.1, -0.05) is 11.6 Å². The van der Waals surface area contributed by atoms with Crippen molar-refractivity contribution in [3.8, 4) is 5.69 Å². The van der Waals surface area contributed by atoms with Gasteiger partial charge < -0.3 is 5.73 Å². The van der Waals surface area contributed by atoms with E-state index in [0.717, 1.165) is 40.0 Å². The first kappa shape index (κ1) is 12.1. The molecule has 0 atom stereocenters. The Morgan fingerprint density at radius 3 is 2.94 bits per heavy atom. The van der Waals surface area contributed by atoms with E-state index >= 15 is 0 Å². The quantitative estimate of drug-likeness (QED) is 0.869. The molecule has 0 unspecified atom stereocenters. The second kappa shape index (κ2) is 4.28. The molecular formula is C13H13BrClN3. The fraction of sp³-hybridized carbons (Fsp3) is 0.308. The minimum Gasteiger partial charge on any atom is -0.382 e. The van der Waals surface area contributed by atoms with E-state index in [9.17, 15) is 0 Å². The number of nitrogens with two attached hydrogens (primary N) is 1. The molecule has 0 radical (unpaired) electrons.